The largest absolute Gasteiger partial charge is 0.478 e. The van der Waals surface area contributed by atoms with Crippen molar-refractivity contribution < 1.29 is 9.90 Å². The van der Waals surface area contributed by atoms with Gasteiger partial charge in [0.2, 0.25) is 0 Å². The molecule has 0 amide bonds. The van der Waals surface area contributed by atoms with E-state index < -0.39 is 5.97 Å². The quantitative estimate of drug-likeness (QED) is 0.347. The third-order valence-corrected chi connectivity index (χ3v) is 2.40. The van der Waals surface area contributed by atoms with Gasteiger partial charge in [-0.1, -0.05) is 75.1 Å². The van der Waals surface area contributed by atoms with Crippen LogP contribution in [0.5, 0.6) is 0 Å². The van der Waals surface area contributed by atoms with Gasteiger partial charge in [0.15, 0.2) is 0 Å². The van der Waals surface area contributed by atoms with Gasteiger partial charge in [0.25, 0.3) is 0 Å². The highest BCUT2D eigenvalue weighted by atomic mass is 16.4. The molecule has 0 aliphatic heterocycles. The van der Waals surface area contributed by atoms with E-state index in [1.807, 2.05) is 24.3 Å². The molecule has 2 nitrogen and oxygen atoms in total. The van der Waals surface area contributed by atoms with Gasteiger partial charge in [0.1, 0.15) is 0 Å². The third kappa shape index (κ3) is 14.4. The Morgan fingerprint density at radius 2 is 1.50 bits per heavy atom. The standard InChI is InChI=1S/C16H24O2/c1-2-3-4-5-6-7-8-9-10-11-12-13-14-15-16(17)18/h8-15H,2-7H2,1H3,(H,17,18). The summed E-state index contributed by atoms with van der Waals surface area (Å²) >= 11 is 0. The highest BCUT2D eigenvalue weighted by Gasteiger charge is 1.85. The zero-order chi connectivity index (χ0) is 13.5. The Balaban J connectivity index is 3.48. The van der Waals surface area contributed by atoms with Crippen LogP contribution in [-0.2, 0) is 4.79 Å². The second-order valence-electron chi connectivity index (χ2n) is 4.10. The average Bonchev–Trinajstić information content (AvgIpc) is 2.34. The van der Waals surface area contributed by atoms with Crippen LogP contribution in [0.15, 0.2) is 48.6 Å². The van der Waals surface area contributed by atoms with E-state index in [1.165, 1.54) is 38.2 Å². The molecule has 0 bridgehead atoms. The first-order valence-corrected chi connectivity index (χ1v) is 6.67. The van der Waals surface area contributed by atoms with Crippen LogP contribution in [0.2, 0.25) is 0 Å². The fourth-order valence-corrected chi connectivity index (χ4v) is 1.44. The number of hydrogen-bond acceptors (Lipinski definition) is 1. The van der Waals surface area contributed by atoms with Gasteiger partial charge in [-0.3, -0.25) is 0 Å². The number of unbranched alkanes of at least 4 members (excludes halogenated alkanes) is 5. The van der Waals surface area contributed by atoms with Gasteiger partial charge in [-0.05, 0) is 12.8 Å². The van der Waals surface area contributed by atoms with Crippen LogP contribution in [0.1, 0.15) is 45.4 Å². The van der Waals surface area contributed by atoms with Gasteiger partial charge in [0.05, 0.1) is 0 Å². The molecule has 0 radical (unpaired) electrons. The summed E-state index contributed by atoms with van der Waals surface area (Å²) in [6, 6.07) is 0. The van der Waals surface area contributed by atoms with Crippen molar-refractivity contribution in [2.45, 2.75) is 45.4 Å². The van der Waals surface area contributed by atoms with Crippen LogP contribution < -0.4 is 0 Å². The van der Waals surface area contributed by atoms with Gasteiger partial charge < -0.3 is 5.11 Å². The van der Waals surface area contributed by atoms with Crippen molar-refractivity contribution in [3.05, 3.63) is 48.6 Å². The molecule has 0 aromatic rings. The van der Waals surface area contributed by atoms with E-state index >= 15 is 0 Å². The minimum atomic E-state index is -0.924. The fourth-order valence-electron chi connectivity index (χ4n) is 1.44. The maximum atomic E-state index is 10.2. The van der Waals surface area contributed by atoms with Gasteiger partial charge in [-0.15, -0.1) is 0 Å². The maximum Gasteiger partial charge on any atom is 0.328 e. The van der Waals surface area contributed by atoms with Crippen LogP contribution in [-0.4, -0.2) is 11.1 Å². The first kappa shape index (κ1) is 16.4. The van der Waals surface area contributed by atoms with E-state index in [0.29, 0.717) is 0 Å². The predicted octanol–water partition coefficient (Wildman–Crippen LogP) is 4.66. The molecule has 0 rings (SSSR count). The first-order chi connectivity index (χ1) is 8.77. The van der Waals surface area contributed by atoms with E-state index in [-0.39, 0.29) is 0 Å². The molecule has 0 aromatic carbocycles. The maximum absolute atomic E-state index is 10.2. The lowest BCUT2D eigenvalue weighted by atomic mass is 10.1. The Morgan fingerprint density at radius 3 is 2.17 bits per heavy atom. The smallest absolute Gasteiger partial charge is 0.328 e. The van der Waals surface area contributed by atoms with Crippen molar-refractivity contribution in [2.75, 3.05) is 0 Å². The molecule has 0 heterocycles. The van der Waals surface area contributed by atoms with Crippen LogP contribution >= 0.6 is 0 Å². The highest BCUT2D eigenvalue weighted by molar-refractivity contribution is 5.80. The molecular weight excluding hydrogens is 224 g/mol. The summed E-state index contributed by atoms with van der Waals surface area (Å²) in [5.74, 6) is -0.924. The molecule has 0 atom stereocenters. The molecule has 1 N–H and O–H groups in total. The zero-order valence-electron chi connectivity index (χ0n) is 11.2. The Morgan fingerprint density at radius 1 is 0.889 bits per heavy atom. The second kappa shape index (κ2) is 13.5. The number of rotatable bonds is 10. The highest BCUT2D eigenvalue weighted by Crippen LogP contribution is 2.05. The summed E-state index contributed by atoms with van der Waals surface area (Å²) in [6.07, 6.45) is 21.9. The van der Waals surface area contributed by atoms with E-state index in [2.05, 4.69) is 13.0 Å². The summed E-state index contributed by atoms with van der Waals surface area (Å²) in [5, 5.41) is 8.34. The Hall–Kier alpha value is -1.57. The van der Waals surface area contributed by atoms with Crippen molar-refractivity contribution in [2.24, 2.45) is 0 Å². The van der Waals surface area contributed by atoms with E-state index in [9.17, 15) is 4.79 Å². The van der Waals surface area contributed by atoms with Gasteiger partial charge >= 0.3 is 5.97 Å². The lowest BCUT2D eigenvalue weighted by Crippen LogP contribution is -1.84. The molecule has 0 fully saturated rings. The minimum Gasteiger partial charge on any atom is -0.478 e. The van der Waals surface area contributed by atoms with E-state index in [0.717, 1.165) is 12.5 Å². The zero-order valence-corrected chi connectivity index (χ0v) is 11.2. The monoisotopic (exact) mass is 248 g/mol. The SMILES string of the molecule is CCCCCCCC=CC=CC=CC=CC(=O)O. The first-order valence-electron chi connectivity index (χ1n) is 6.67. The van der Waals surface area contributed by atoms with Gasteiger partial charge in [-0.25, -0.2) is 4.79 Å². The number of hydrogen-bond donors (Lipinski definition) is 1. The molecule has 0 spiro atoms. The predicted molar refractivity (Wildman–Crippen MR) is 77.6 cm³/mol. The molecule has 18 heavy (non-hydrogen) atoms. The summed E-state index contributed by atoms with van der Waals surface area (Å²) < 4.78 is 0. The van der Waals surface area contributed by atoms with Crippen LogP contribution in [0.25, 0.3) is 0 Å². The number of carboxylic acids is 1. The topological polar surface area (TPSA) is 37.3 Å². The van der Waals surface area contributed by atoms with Crippen molar-refractivity contribution in [1.82, 2.24) is 0 Å². The lowest BCUT2D eigenvalue weighted by Gasteiger charge is -1.95. The van der Waals surface area contributed by atoms with Crippen molar-refractivity contribution in [3.8, 4) is 0 Å². The van der Waals surface area contributed by atoms with Crippen molar-refractivity contribution in [1.29, 1.82) is 0 Å². The fraction of sp³-hybridized carbons (Fsp3) is 0.438. The van der Waals surface area contributed by atoms with Crippen molar-refractivity contribution in [3.63, 3.8) is 0 Å². The summed E-state index contributed by atoms with van der Waals surface area (Å²) in [4.78, 5) is 10.2. The Bertz CT molecular complexity index is 309. The summed E-state index contributed by atoms with van der Waals surface area (Å²) in [5.41, 5.74) is 0. The summed E-state index contributed by atoms with van der Waals surface area (Å²) in [6.45, 7) is 2.23. The number of carbonyl (C=O) groups is 1. The number of carboxylic acid groups (broad SMARTS) is 1. The molecule has 0 aliphatic carbocycles. The molecule has 0 aromatic heterocycles. The average molecular weight is 248 g/mol. The van der Waals surface area contributed by atoms with Gasteiger partial charge in [-0.2, -0.15) is 0 Å². The molecule has 0 aliphatic rings. The molecule has 2 heteroatoms. The summed E-state index contributed by atoms with van der Waals surface area (Å²) in [7, 11) is 0. The van der Waals surface area contributed by atoms with Crippen LogP contribution in [0.4, 0.5) is 0 Å². The molecular formula is C16H24O2. The Labute approximate surface area is 110 Å². The lowest BCUT2D eigenvalue weighted by molar-refractivity contribution is -0.131. The Kier molecular flexibility index (Phi) is 12.3. The van der Waals surface area contributed by atoms with E-state index in [1.54, 1.807) is 6.08 Å². The van der Waals surface area contributed by atoms with Crippen LogP contribution in [0, 0.1) is 0 Å². The third-order valence-electron chi connectivity index (χ3n) is 2.40. The molecule has 0 saturated heterocycles. The molecule has 100 valence electrons. The van der Waals surface area contributed by atoms with E-state index in [4.69, 9.17) is 5.11 Å². The second-order valence-corrected chi connectivity index (χ2v) is 4.10. The number of aliphatic carboxylic acids is 1. The van der Waals surface area contributed by atoms with Crippen LogP contribution in [0.3, 0.4) is 0 Å². The normalized spacial score (nSPS) is 12.5. The molecule has 0 saturated carbocycles. The minimum absolute atomic E-state index is 0.924. The number of allylic oxidation sites excluding steroid dienone is 7. The van der Waals surface area contributed by atoms with Crippen molar-refractivity contribution >= 4 is 5.97 Å². The molecule has 0 unspecified atom stereocenters. The van der Waals surface area contributed by atoms with Gasteiger partial charge in [0, 0.05) is 6.08 Å².